The van der Waals surface area contributed by atoms with Crippen molar-refractivity contribution in [3.8, 4) is 5.75 Å². The van der Waals surface area contributed by atoms with Crippen LogP contribution in [0.3, 0.4) is 0 Å². The number of hydrogen-bond acceptors (Lipinski definition) is 6. The first-order valence-electron chi connectivity index (χ1n) is 8.54. The molecule has 1 aliphatic heterocycles. The Kier molecular flexibility index (Phi) is 6.22. The molecule has 0 unspecified atom stereocenters. The molecule has 1 aliphatic rings. The number of aryl methyl sites for hydroxylation is 1. The maximum Gasteiger partial charge on any atom is 0.311 e. The van der Waals surface area contributed by atoms with Gasteiger partial charge in [-0.25, -0.2) is 8.42 Å². The van der Waals surface area contributed by atoms with Crippen molar-refractivity contribution in [2.45, 2.75) is 45.7 Å². The van der Waals surface area contributed by atoms with E-state index in [2.05, 4.69) is 0 Å². The van der Waals surface area contributed by atoms with E-state index < -0.39 is 14.8 Å². The molecule has 1 amide bonds. The van der Waals surface area contributed by atoms with Crippen molar-refractivity contribution in [3.63, 3.8) is 0 Å². The molecule has 0 bridgehead atoms. The summed E-state index contributed by atoms with van der Waals surface area (Å²) in [6, 6.07) is 4.00. The first kappa shape index (κ1) is 20.2. The van der Waals surface area contributed by atoms with Crippen molar-refractivity contribution >= 4 is 21.4 Å². The van der Waals surface area contributed by atoms with Crippen LogP contribution in [0.2, 0.25) is 0 Å². The minimum atomic E-state index is -3.13. The minimum absolute atomic E-state index is 0.0251. The molecule has 2 rings (SSSR count). The van der Waals surface area contributed by atoms with Crippen molar-refractivity contribution in [2.24, 2.45) is 0 Å². The molecule has 0 aromatic heterocycles. The first-order chi connectivity index (χ1) is 12.1. The van der Waals surface area contributed by atoms with E-state index in [1.807, 2.05) is 13.8 Å². The van der Waals surface area contributed by atoms with Gasteiger partial charge in [0.1, 0.15) is 0 Å². The van der Waals surface area contributed by atoms with Crippen LogP contribution in [0.1, 0.15) is 32.3 Å². The number of ether oxygens (including phenoxy) is 1. The SMILES string of the molecule is CC[C@@H](C)N(C(=O)COc1ccc(C)cc1[N+](=O)[O-])[C@@H]1CCS(=O)(=O)C1. The van der Waals surface area contributed by atoms with E-state index in [9.17, 15) is 23.3 Å². The van der Waals surface area contributed by atoms with Crippen molar-refractivity contribution in [3.05, 3.63) is 33.9 Å². The summed E-state index contributed by atoms with van der Waals surface area (Å²) in [6.45, 7) is 5.13. The fourth-order valence-corrected chi connectivity index (χ4v) is 4.82. The van der Waals surface area contributed by atoms with Crippen molar-refractivity contribution in [1.82, 2.24) is 4.90 Å². The molecular formula is C17H24N2O6S. The van der Waals surface area contributed by atoms with Crippen LogP contribution < -0.4 is 4.74 Å². The number of sulfone groups is 1. The molecule has 26 heavy (non-hydrogen) atoms. The van der Waals surface area contributed by atoms with E-state index in [0.29, 0.717) is 18.4 Å². The lowest BCUT2D eigenvalue weighted by atomic mass is 10.1. The van der Waals surface area contributed by atoms with Gasteiger partial charge in [-0.1, -0.05) is 13.0 Å². The van der Waals surface area contributed by atoms with Gasteiger partial charge in [-0.05, 0) is 38.3 Å². The Labute approximate surface area is 153 Å². The summed E-state index contributed by atoms with van der Waals surface area (Å²) in [4.78, 5) is 24.9. The third kappa shape index (κ3) is 4.72. The van der Waals surface area contributed by atoms with Gasteiger partial charge in [-0.15, -0.1) is 0 Å². The molecule has 1 aromatic rings. The fraction of sp³-hybridized carbons (Fsp3) is 0.588. The zero-order chi connectivity index (χ0) is 19.5. The largest absolute Gasteiger partial charge is 0.477 e. The summed E-state index contributed by atoms with van der Waals surface area (Å²) < 4.78 is 29.0. The Balaban J connectivity index is 2.14. The third-order valence-corrected chi connectivity index (χ3v) is 6.37. The molecular weight excluding hydrogens is 360 g/mol. The Hall–Kier alpha value is -2.16. The highest BCUT2D eigenvalue weighted by atomic mass is 32.2. The average Bonchev–Trinajstić information content (AvgIpc) is 2.92. The average molecular weight is 384 g/mol. The van der Waals surface area contributed by atoms with E-state index in [4.69, 9.17) is 4.74 Å². The normalized spacial score (nSPS) is 19.7. The molecule has 144 valence electrons. The lowest BCUT2D eigenvalue weighted by Crippen LogP contribution is -2.48. The minimum Gasteiger partial charge on any atom is -0.477 e. The zero-order valence-corrected chi connectivity index (χ0v) is 16.0. The summed E-state index contributed by atoms with van der Waals surface area (Å²) in [6.07, 6.45) is 1.08. The molecule has 2 atom stereocenters. The molecule has 0 spiro atoms. The van der Waals surface area contributed by atoms with E-state index >= 15 is 0 Å². The molecule has 0 radical (unpaired) electrons. The lowest BCUT2D eigenvalue weighted by Gasteiger charge is -2.33. The molecule has 9 heteroatoms. The molecule has 0 aliphatic carbocycles. The van der Waals surface area contributed by atoms with Gasteiger partial charge in [0.2, 0.25) is 0 Å². The highest BCUT2D eigenvalue weighted by Crippen LogP contribution is 2.28. The maximum absolute atomic E-state index is 12.7. The molecule has 1 fully saturated rings. The Bertz CT molecular complexity index is 792. The molecule has 1 heterocycles. The van der Waals surface area contributed by atoms with Gasteiger partial charge in [-0.3, -0.25) is 14.9 Å². The van der Waals surface area contributed by atoms with Crippen molar-refractivity contribution in [2.75, 3.05) is 18.1 Å². The number of carbonyl (C=O) groups is 1. The van der Waals surface area contributed by atoms with Crippen LogP contribution in [-0.2, 0) is 14.6 Å². The zero-order valence-electron chi connectivity index (χ0n) is 15.2. The Morgan fingerprint density at radius 2 is 2.15 bits per heavy atom. The number of carbonyl (C=O) groups excluding carboxylic acids is 1. The number of amides is 1. The number of nitro groups is 1. The fourth-order valence-electron chi connectivity index (χ4n) is 3.11. The molecule has 0 N–H and O–H groups in total. The standard InChI is InChI=1S/C17H24N2O6S/c1-4-13(3)18(14-7-8-26(23,24)11-14)17(20)10-25-16-6-5-12(2)9-15(16)19(21)22/h5-6,9,13-14H,4,7-8,10-11H2,1-3H3/t13-,14-/m1/s1. The monoisotopic (exact) mass is 384 g/mol. The van der Waals surface area contributed by atoms with E-state index in [1.165, 1.54) is 12.1 Å². The molecule has 8 nitrogen and oxygen atoms in total. The Morgan fingerprint density at radius 1 is 1.46 bits per heavy atom. The summed E-state index contributed by atoms with van der Waals surface area (Å²) in [5.74, 6) is -0.316. The van der Waals surface area contributed by atoms with Gasteiger partial charge in [0.05, 0.1) is 16.4 Å². The molecule has 1 aromatic carbocycles. The van der Waals surface area contributed by atoms with Crippen LogP contribution in [0.5, 0.6) is 5.75 Å². The Morgan fingerprint density at radius 3 is 2.69 bits per heavy atom. The van der Waals surface area contributed by atoms with Gasteiger partial charge < -0.3 is 9.64 Å². The highest BCUT2D eigenvalue weighted by molar-refractivity contribution is 7.91. The van der Waals surface area contributed by atoms with Crippen molar-refractivity contribution < 1.29 is 22.9 Å². The van der Waals surface area contributed by atoms with Gasteiger partial charge in [0, 0.05) is 18.2 Å². The second-order valence-electron chi connectivity index (χ2n) is 6.63. The van der Waals surface area contributed by atoms with Crippen molar-refractivity contribution in [1.29, 1.82) is 0 Å². The van der Waals surface area contributed by atoms with Crippen LogP contribution in [0.25, 0.3) is 0 Å². The highest BCUT2D eigenvalue weighted by Gasteiger charge is 2.36. The number of benzene rings is 1. The maximum atomic E-state index is 12.7. The molecule has 0 saturated carbocycles. The second-order valence-corrected chi connectivity index (χ2v) is 8.86. The predicted octanol–water partition coefficient (Wildman–Crippen LogP) is 2.10. The summed E-state index contributed by atoms with van der Waals surface area (Å²) >= 11 is 0. The van der Waals surface area contributed by atoms with Gasteiger partial charge in [-0.2, -0.15) is 0 Å². The smallest absolute Gasteiger partial charge is 0.311 e. The first-order valence-corrected chi connectivity index (χ1v) is 10.4. The number of rotatable bonds is 7. The number of nitrogens with zero attached hydrogens (tertiary/aromatic N) is 2. The van der Waals surface area contributed by atoms with Gasteiger partial charge >= 0.3 is 5.69 Å². The quantitative estimate of drug-likeness (QED) is 0.526. The van der Waals surface area contributed by atoms with Crippen LogP contribution in [0, 0.1) is 17.0 Å². The van der Waals surface area contributed by atoms with E-state index in [1.54, 1.807) is 17.9 Å². The van der Waals surface area contributed by atoms with Crippen LogP contribution in [0.4, 0.5) is 5.69 Å². The van der Waals surface area contributed by atoms with Gasteiger partial charge in [0.15, 0.2) is 22.2 Å². The second kappa shape index (κ2) is 8.03. The summed E-state index contributed by atoms with van der Waals surface area (Å²) in [5.41, 5.74) is 0.518. The summed E-state index contributed by atoms with van der Waals surface area (Å²) in [5, 5.41) is 11.2. The van der Waals surface area contributed by atoms with E-state index in [0.717, 1.165) is 0 Å². The van der Waals surface area contributed by atoms with Crippen LogP contribution in [0.15, 0.2) is 18.2 Å². The lowest BCUT2D eigenvalue weighted by molar-refractivity contribution is -0.385. The van der Waals surface area contributed by atoms with Crippen LogP contribution in [-0.4, -0.2) is 54.3 Å². The number of hydrogen-bond donors (Lipinski definition) is 0. The number of nitro benzene ring substituents is 1. The third-order valence-electron chi connectivity index (χ3n) is 4.62. The van der Waals surface area contributed by atoms with Crippen LogP contribution >= 0.6 is 0 Å². The topological polar surface area (TPSA) is 107 Å². The summed E-state index contributed by atoms with van der Waals surface area (Å²) in [7, 11) is -3.13. The molecule has 1 saturated heterocycles. The predicted molar refractivity (Wildman–Crippen MR) is 97.0 cm³/mol. The van der Waals surface area contributed by atoms with E-state index in [-0.39, 0.29) is 47.5 Å². The van der Waals surface area contributed by atoms with Gasteiger partial charge in [0.25, 0.3) is 5.91 Å².